The molecule has 0 fully saturated rings. The van der Waals surface area contributed by atoms with Crippen LogP contribution in [0.5, 0.6) is 0 Å². The lowest BCUT2D eigenvalue weighted by Gasteiger charge is -1.97. The van der Waals surface area contributed by atoms with Crippen LogP contribution in [-0.2, 0) is 9.53 Å². The van der Waals surface area contributed by atoms with Crippen molar-refractivity contribution in [3.8, 4) is 0 Å². The van der Waals surface area contributed by atoms with Crippen LogP contribution < -0.4 is 0 Å². The van der Waals surface area contributed by atoms with Gasteiger partial charge in [-0.25, -0.2) is 0 Å². The van der Waals surface area contributed by atoms with Gasteiger partial charge in [-0.2, -0.15) is 0 Å². The molecule has 2 heteroatoms. The Kier molecular flexibility index (Phi) is 7.36. The van der Waals surface area contributed by atoms with Gasteiger partial charge in [0, 0.05) is 6.42 Å². The Balaban J connectivity index is 3.25. The first-order chi connectivity index (χ1) is 6.16. The molecule has 76 valence electrons. The third-order valence-corrected chi connectivity index (χ3v) is 1.75. The highest BCUT2D eigenvalue weighted by atomic mass is 16.5. The summed E-state index contributed by atoms with van der Waals surface area (Å²) in [7, 11) is 1.43. The highest BCUT2D eigenvalue weighted by Crippen LogP contribution is 2.03. The van der Waals surface area contributed by atoms with Crippen LogP contribution in [0.3, 0.4) is 0 Å². The van der Waals surface area contributed by atoms with Crippen molar-refractivity contribution in [2.45, 2.75) is 39.5 Å². The molecule has 0 aliphatic carbocycles. The van der Waals surface area contributed by atoms with E-state index in [9.17, 15) is 4.79 Å². The second kappa shape index (κ2) is 7.84. The molecule has 0 aromatic carbocycles. The molecule has 13 heavy (non-hydrogen) atoms. The summed E-state index contributed by atoms with van der Waals surface area (Å²) in [4.78, 5) is 10.7. The Bertz CT molecular complexity index is 159. The van der Waals surface area contributed by atoms with Gasteiger partial charge in [-0.3, -0.25) is 4.79 Å². The summed E-state index contributed by atoms with van der Waals surface area (Å²) < 4.78 is 4.53. The molecule has 0 unspecified atom stereocenters. The van der Waals surface area contributed by atoms with E-state index in [1.807, 2.05) is 0 Å². The average molecular weight is 184 g/mol. The van der Waals surface area contributed by atoms with Gasteiger partial charge in [-0.1, -0.05) is 26.0 Å². The zero-order valence-corrected chi connectivity index (χ0v) is 8.88. The molecule has 0 bridgehead atoms. The number of unbranched alkanes of at least 4 members (excludes halogenated alkanes) is 1. The summed E-state index contributed by atoms with van der Waals surface area (Å²) in [6.07, 6.45) is 7.84. The zero-order chi connectivity index (χ0) is 10.1. The van der Waals surface area contributed by atoms with Gasteiger partial charge >= 0.3 is 5.97 Å². The fourth-order valence-electron chi connectivity index (χ4n) is 0.953. The smallest absolute Gasteiger partial charge is 0.305 e. The van der Waals surface area contributed by atoms with Gasteiger partial charge in [0.1, 0.15) is 0 Å². The minimum atomic E-state index is -0.114. The molecule has 0 aromatic heterocycles. The number of ether oxygens (including phenoxy) is 1. The summed E-state index contributed by atoms with van der Waals surface area (Å²) in [6.45, 7) is 4.39. The highest BCUT2D eigenvalue weighted by molar-refractivity contribution is 5.68. The van der Waals surface area contributed by atoms with E-state index in [1.165, 1.54) is 7.11 Å². The molecule has 0 atom stereocenters. The predicted molar refractivity (Wildman–Crippen MR) is 54.5 cm³/mol. The summed E-state index contributed by atoms with van der Waals surface area (Å²) >= 11 is 0. The molecular formula is C11H20O2. The van der Waals surface area contributed by atoms with Gasteiger partial charge in [0.25, 0.3) is 0 Å². The van der Waals surface area contributed by atoms with Crippen molar-refractivity contribution in [2.75, 3.05) is 7.11 Å². The number of hydrogen-bond donors (Lipinski definition) is 0. The number of hydrogen-bond acceptors (Lipinski definition) is 2. The summed E-state index contributed by atoms with van der Waals surface area (Å²) in [6, 6.07) is 0. The molecule has 0 amide bonds. The fourth-order valence-corrected chi connectivity index (χ4v) is 0.953. The molecule has 0 saturated carbocycles. The maximum absolute atomic E-state index is 10.7. The topological polar surface area (TPSA) is 26.3 Å². The standard InChI is InChI=1S/C11H20O2/c1-10(2)8-6-4-5-7-9-11(12)13-3/h4,6,10H,5,7-9H2,1-3H3/b6-4+. The monoisotopic (exact) mass is 184 g/mol. The molecule has 0 aromatic rings. The number of esters is 1. The maximum atomic E-state index is 10.7. The van der Waals surface area contributed by atoms with E-state index in [4.69, 9.17) is 0 Å². The lowest BCUT2D eigenvalue weighted by molar-refractivity contribution is -0.140. The van der Waals surface area contributed by atoms with Crippen molar-refractivity contribution in [3.05, 3.63) is 12.2 Å². The molecule has 0 radical (unpaired) electrons. The Morgan fingerprint density at radius 2 is 2.08 bits per heavy atom. The first-order valence-electron chi connectivity index (χ1n) is 4.88. The van der Waals surface area contributed by atoms with Crippen molar-refractivity contribution in [3.63, 3.8) is 0 Å². The molecule has 0 saturated heterocycles. The van der Waals surface area contributed by atoms with E-state index >= 15 is 0 Å². The third-order valence-electron chi connectivity index (χ3n) is 1.75. The Labute approximate surface area is 81.0 Å². The Morgan fingerprint density at radius 3 is 2.62 bits per heavy atom. The fraction of sp³-hybridized carbons (Fsp3) is 0.727. The molecule has 0 N–H and O–H groups in total. The van der Waals surface area contributed by atoms with Crippen LogP contribution in [0.4, 0.5) is 0 Å². The van der Waals surface area contributed by atoms with Gasteiger partial charge in [0.05, 0.1) is 7.11 Å². The van der Waals surface area contributed by atoms with E-state index in [2.05, 4.69) is 30.7 Å². The normalized spacial score (nSPS) is 11.1. The Morgan fingerprint density at radius 1 is 1.38 bits per heavy atom. The van der Waals surface area contributed by atoms with Gasteiger partial charge in [-0.15, -0.1) is 0 Å². The van der Waals surface area contributed by atoms with Crippen LogP contribution in [-0.4, -0.2) is 13.1 Å². The molecule has 0 aliphatic rings. The van der Waals surface area contributed by atoms with Gasteiger partial charge in [0.2, 0.25) is 0 Å². The van der Waals surface area contributed by atoms with Crippen LogP contribution in [0, 0.1) is 5.92 Å². The van der Waals surface area contributed by atoms with Crippen LogP contribution in [0.2, 0.25) is 0 Å². The maximum Gasteiger partial charge on any atom is 0.305 e. The lowest BCUT2D eigenvalue weighted by atomic mass is 10.1. The second-order valence-electron chi connectivity index (χ2n) is 3.57. The number of methoxy groups -OCH3 is 1. The summed E-state index contributed by atoms with van der Waals surface area (Å²) in [5.41, 5.74) is 0. The third kappa shape index (κ3) is 9.12. The average Bonchev–Trinajstić information content (AvgIpc) is 2.10. The molecule has 0 heterocycles. The highest BCUT2D eigenvalue weighted by Gasteiger charge is 1.96. The number of carbonyl (C=O) groups excluding carboxylic acids is 1. The molecular weight excluding hydrogens is 164 g/mol. The van der Waals surface area contributed by atoms with Gasteiger partial charge < -0.3 is 4.74 Å². The van der Waals surface area contributed by atoms with E-state index in [0.29, 0.717) is 6.42 Å². The van der Waals surface area contributed by atoms with Crippen molar-refractivity contribution in [1.82, 2.24) is 0 Å². The Hall–Kier alpha value is -0.790. The van der Waals surface area contributed by atoms with Gasteiger partial charge in [-0.05, 0) is 25.2 Å². The van der Waals surface area contributed by atoms with Crippen molar-refractivity contribution in [2.24, 2.45) is 5.92 Å². The minimum Gasteiger partial charge on any atom is -0.469 e. The van der Waals surface area contributed by atoms with Crippen LogP contribution in [0.15, 0.2) is 12.2 Å². The molecule has 0 spiro atoms. The number of allylic oxidation sites excluding steroid dienone is 2. The summed E-state index contributed by atoms with van der Waals surface area (Å²) in [5, 5.41) is 0. The second-order valence-corrected chi connectivity index (χ2v) is 3.57. The van der Waals surface area contributed by atoms with E-state index in [1.54, 1.807) is 0 Å². The van der Waals surface area contributed by atoms with E-state index in [-0.39, 0.29) is 5.97 Å². The van der Waals surface area contributed by atoms with Crippen molar-refractivity contribution in [1.29, 1.82) is 0 Å². The van der Waals surface area contributed by atoms with Crippen LogP contribution >= 0.6 is 0 Å². The van der Waals surface area contributed by atoms with Crippen LogP contribution in [0.25, 0.3) is 0 Å². The van der Waals surface area contributed by atoms with E-state index < -0.39 is 0 Å². The van der Waals surface area contributed by atoms with E-state index in [0.717, 1.165) is 25.2 Å². The van der Waals surface area contributed by atoms with Gasteiger partial charge in [0.15, 0.2) is 0 Å². The molecule has 0 aliphatic heterocycles. The first kappa shape index (κ1) is 12.2. The minimum absolute atomic E-state index is 0.114. The summed E-state index contributed by atoms with van der Waals surface area (Å²) in [5.74, 6) is 0.606. The molecule has 0 rings (SSSR count). The molecule has 2 nitrogen and oxygen atoms in total. The quantitative estimate of drug-likeness (QED) is 0.360. The van der Waals surface area contributed by atoms with Crippen molar-refractivity contribution < 1.29 is 9.53 Å². The number of rotatable bonds is 6. The zero-order valence-electron chi connectivity index (χ0n) is 8.88. The first-order valence-corrected chi connectivity index (χ1v) is 4.88. The predicted octanol–water partition coefficient (Wildman–Crippen LogP) is 2.93. The SMILES string of the molecule is COC(=O)CCC/C=C/CC(C)C. The van der Waals surface area contributed by atoms with Crippen LogP contribution in [0.1, 0.15) is 39.5 Å². The number of carbonyl (C=O) groups is 1. The lowest BCUT2D eigenvalue weighted by Crippen LogP contribution is -1.98. The largest absolute Gasteiger partial charge is 0.469 e. The van der Waals surface area contributed by atoms with Crippen molar-refractivity contribution >= 4 is 5.97 Å².